The minimum Gasteiger partial charge on any atom is -0.484 e. The van der Waals surface area contributed by atoms with Crippen LogP contribution in [-0.2, 0) is 11.2 Å². The summed E-state index contributed by atoms with van der Waals surface area (Å²) in [5.74, 6) is 2.61. The molecule has 8 nitrogen and oxygen atoms in total. The highest BCUT2D eigenvalue weighted by Gasteiger charge is 2.14. The van der Waals surface area contributed by atoms with E-state index in [1.54, 1.807) is 42.5 Å². The molecule has 4 rings (SSSR count). The molecule has 0 spiro atoms. The molecule has 1 amide bonds. The maximum absolute atomic E-state index is 12.1. The van der Waals surface area contributed by atoms with Crippen LogP contribution >= 0.6 is 0 Å². The molecule has 0 saturated heterocycles. The minimum atomic E-state index is -0.276. The number of aromatic nitrogens is 2. The molecule has 0 unspecified atom stereocenters. The lowest BCUT2D eigenvalue weighted by atomic mass is 10.2. The molecule has 2 heterocycles. The van der Waals surface area contributed by atoms with E-state index in [0.717, 1.165) is 5.56 Å². The molecule has 0 fully saturated rings. The highest BCUT2D eigenvalue weighted by Crippen LogP contribution is 2.34. The number of benzene rings is 2. The van der Waals surface area contributed by atoms with E-state index < -0.39 is 0 Å². The Morgan fingerprint density at radius 2 is 1.93 bits per heavy atom. The van der Waals surface area contributed by atoms with Crippen molar-refractivity contribution in [2.45, 2.75) is 13.3 Å². The van der Waals surface area contributed by atoms with Gasteiger partial charge in [-0.25, -0.2) is 0 Å². The van der Waals surface area contributed by atoms with Gasteiger partial charge in [-0.3, -0.25) is 4.79 Å². The summed E-state index contributed by atoms with van der Waals surface area (Å²) in [4.78, 5) is 12.1. The molecule has 0 atom stereocenters. The average Bonchev–Trinajstić information content (AvgIpc) is 3.35. The molecule has 0 radical (unpaired) electrons. The van der Waals surface area contributed by atoms with Crippen LogP contribution in [0, 0.1) is 0 Å². The Morgan fingerprint density at radius 1 is 1.11 bits per heavy atom. The van der Waals surface area contributed by atoms with Crippen LogP contribution in [0.15, 0.2) is 46.9 Å². The van der Waals surface area contributed by atoms with Crippen LogP contribution in [0.25, 0.3) is 11.5 Å². The molecule has 0 aliphatic carbocycles. The molecule has 2 aromatic carbocycles. The van der Waals surface area contributed by atoms with Gasteiger partial charge in [-0.1, -0.05) is 6.92 Å². The number of carbonyl (C=O) groups is 1. The number of carbonyl (C=O) groups excluding carboxylic acids is 1. The van der Waals surface area contributed by atoms with Gasteiger partial charge in [-0.2, -0.15) is 0 Å². The van der Waals surface area contributed by atoms with Gasteiger partial charge < -0.3 is 23.9 Å². The predicted octanol–water partition coefficient (Wildman–Crippen LogP) is 3.05. The molecule has 0 saturated carbocycles. The average molecular weight is 367 g/mol. The number of anilines is 1. The first-order valence-corrected chi connectivity index (χ1v) is 8.46. The van der Waals surface area contributed by atoms with Gasteiger partial charge in [-0.05, 0) is 36.4 Å². The van der Waals surface area contributed by atoms with E-state index in [0.29, 0.717) is 41.1 Å². The van der Waals surface area contributed by atoms with Crippen LogP contribution in [0.3, 0.4) is 0 Å². The maximum Gasteiger partial charge on any atom is 0.262 e. The van der Waals surface area contributed by atoms with Gasteiger partial charge >= 0.3 is 0 Å². The summed E-state index contributed by atoms with van der Waals surface area (Å²) in [5, 5.41) is 10.7. The number of hydrogen-bond acceptors (Lipinski definition) is 7. The molecule has 1 N–H and O–H groups in total. The van der Waals surface area contributed by atoms with E-state index in [4.69, 9.17) is 18.6 Å². The van der Waals surface area contributed by atoms with E-state index in [2.05, 4.69) is 15.5 Å². The second-order valence-electron chi connectivity index (χ2n) is 5.78. The van der Waals surface area contributed by atoms with Crippen molar-refractivity contribution in [3.63, 3.8) is 0 Å². The Bertz CT molecular complexity index is 952. The fraction of sp³-hybridized carbons (Fsp3) is 0.211. The van der Waals surface area contributed by atoms with Crippen molar-refractivity contribution >= 4 is 11.6 Å². The van der Waals surface area contributed by atoms with Crippen LogP contribution in [0.1, 0.15) is 12.8 Å². The fourth-order valence-corrected chi connectivity index (χ4v) is 2.53. The monoisotopic (exact) mass is 367 g/mol. The van der Waals surface area contributed by atoms with Gasteiger partial charge in [0.1, 0.15) is 5.75 Å². The Morgan fingerprint density at radius 3 is 2.70 bits per heavy atom. The van der Waals surface area contributed by atoms with Gasteiger partial charge in [0.2, 0.25) is 18.6 Å². The van der Waals surface area contributed by atoms with E-state index in [1.165, 1.54) is 0 Å². The molecule has 1 aromatic heterocycles. The van der Waals surface area contributed by atoms with Crippen molar-refractivity contribution in [3.8, 4) is 28.7 Å². The summed E-state index contributed by atoms with van der Waals surface area (Å²) in [6.07, 6.45) is 0.687. The maximum atomic E-state index is 12.1. The third kappa shape index (κ3) is 3.84. The summed E-state index contributed by atoms with van der Waals surface area (Å²) in [5.41, 5.74) is 1.41. The number of amides is 1. The molecule has 1 aliphatic rings. The quantitative estimate of drug-likeness (QED) is 0.715. The van der Waals surface area contributed by atoms with Crippen LogP contribution < -0.4 is 19.5 Å². The normalized spacial score (nSPS) is 12.0. The largest absolute Gasteiger partial charge is 0.484 e. The van der Waals surface area contributed by atoms with Crippen molar-refractivity contribution < 1.29 is 23.4 Å². The topological polar surface area (TPSA) is 95.7 Å². The van der Waals surface area contributed by atoms with E-state index in [-0.39, 0.29) is 19.3 Å². The minimum absolute atomic E-state index is 0.117. The van der Waals surface area contributed by atoms with Crippen molar-refractivity contribution in [1.82, 2.24) is 10.2 Å². The van der Waals surface area contributed by atoms with E-state index >= 15 is 0 Å². The standard InChI is InChI=1S/C19H17N3O5/c1-2-18-21-22-19(27-18)12-3-6-14(7-4-12)24-10-17(23)20-13-5-8-15-16(9-13)26-11-25-15/h3-9H,2,10-11H2,1H3,(H,20,23). The van der Waals surface area contributed by atoms with Crippen molar-refractivity contribution in [2.75, 3.05) is 18.7 Å². The van der Waals surface area contributed by atoms with Crippen LogP contribution in [0.4, 0.5) is 5.69 Å². The van der Waals surface area contributed by atoms with Gasteiger partial charge in [0.25, 0.3) is 5.91 Å². The molecule has 1 aliphatic heterocycles. The Kier molecular flexibility index (Phi) is 4.61. The Labute approximate surface area is 155 Å². The molecular formula is C19H17N3O5. The number of nitrogens with zero attached hydrogens (tertiary/aromatic N) is 2. The smallest absolute Gasteiger partial charge is 0.262 e. The summed E-state index contributed by atoms with van der Waals surface area (Å²) >= 11 is 0. The summed E-state index contributed by atoms with van der Waals surface area (Å²) in [6, 6.07) is 12.3. The number of ether oxygens (including phenoxy) is 3. The first-order chi connectivity index (χ1) is 13.2. The highest BCUT2D eigenvalue weighted by atomic mass is 16.7. The van der Waals surface area contributed by atoms with Crippen LogP contribution in [0.2, 0.25) is 0 Å². The molecular weight excluding hydrogens is 350 g/mol. The number of nitrogens with one attached hydrogen (secondary N) is 1. The zero-order valence-corrected chi connectivity index (χ0v) is 14.6. The third-order valence-electron chi connectivity index (χ3n) is 3.90. The van der Waals surface area contributed by atoms with E-state index in [1.807, 2.05) is 6.92 Å². The zero-order valence-electron chi connectivity index (χ0n) is 14.6. The lowest BCUT2D eigenvalue weighted by Crippen LogP contribution is -2.20. The Hall–Kier alpha value is -3.55. The van der Waals surface area contributed by atoms with Gasteiger partial charge in [0.15, 0.2) is 18.1 Å². The SMILES string of the molecule is CCc1nnc(-c2ccc(OCC(=O)Nc3ccc4c(c3)OCO4)cc2)o1. The third-order valence-corrected chi connectivity index (χ3v) is 3.90. The highest BCUT2D eigenvalue weighted by molar-refractivity contribution is 5.92. The summed E-state index contributed by atoms with van der Waals surface area (Å²) in [6.45, 7) is 2.02. The van der Waals surface area contributed by atoms with Crippen LogP contribution in [0.5, 0.6) is 17.2 Å². The van der Waals surface area contributed by atoms with E-state index in [9.17, 15) is 4.79 Å². The molecule has 27 heavy (non-hydrogen) atoms. The predicted molar refractivity (Wildman–Crippen MR) is 95.8 cm³/mol. The van der Waals surface area contributed by atoms with Gasteiger partial charge in [0, 0.05) is 23.7 Å². The van der Waals surface area contributed by atoms with Crippen LogP contribution in [-0.4, -0.2) is 29.5 Å². The second kappa shape index (κ2) is 7.36. The molecule has 8 heteroatoms. The summed E-state index contributed by atoms with van der Waals surface area (Å²) in [7, 11) is 0. The van der Waals surface area contributed by atoms with Gasteiger partial charge in [0.05, 0.1) is 0 Å². The molecule has 3 aromatic rings. The number of fused-ring (bicyclic) bond motifs is 1. The number of aryl methyl sites for hydroxylation is 1. The Balaban J connectivity index is 1.32. The van der Waals surface area contributed by atoms with Crippen molar-refractivity contribution in [3.05, 3.63) is 48.4 Å². The van der Waals surface area contributed by atoms with Crippen molar-refractivity contribution in [2.24, 2.45) is 0 Å². The summed E-state index contributed by atoms with van der Waals surface area (Å²) < 4.78 is 21.5. The molecule has 0 bridgehead atoms. The van der Waals surface area contributed by atoms with Gasteiger partial charge in [-0.15, -0.1) is 10.2 Å². The molecule has 138 valence electrons. The van der Waals surface area contributed by atoms with Crippen molar-refractivity contribution in [1.29, 1.82) is 0 Å². The lowest BCUT2D eigenvalue weighted by molar-refractivity contribution is -0.118. The second-order valence-corrected chi connectivity index (χ2v) is 5.78. The number of rotatable bonds is 6. The fourth-order valence-electron chi connectivity index (χ4n) is 2.53. The number of hydrogen-bond donors (Lipinski definition) is 1. The lowest BCUT2D eigenvalue weighted by Gasteiger charge is -2.08. The zero-order chi connectivity index (χ0) is 18.6. The first kappa shape index (κ1) is 16.9. The first-order valence-electron chi connectivity index (χ1n) is 8.46.